The van der Waals surface area contributed by atoms with E-state index in [4.69, 9.17) is 15.0 Å². The fourth-order valence-corrected chi connectivity index (χ4v) is 5.93. The summed E-state index contributed by atoms with van der Waals surface area (Å²) in [4.78, 5) is 26.1. The van der Waals surface area contributed by atoms with E-state index in [0.29, 0.717) is 6.04 Å². The fraction of sp³-hybridized carbons (Fsp3) is 0.440. The second-order valence-corrected chi connectivity index (χ2v) is 10.2. The molecule has 34 heavy (non-hydrogen) atoms. The third-order valence-electron chi connectivity index (χ3n) is 7.02. The molecule has 0 radical (unpaired) electrons. The minimum absolute atomic E-state index is 0.346. The molecule has 0 saturated carbocycles. The number of anilines is 1. The molecule has 2 aliphatic rings. The molecule has 1 aliphatic carbocycles. The van der Waals surface area contributed by atoms with Crippen molar-refractivity contribution in [2.24, 2.45) is 0 Å². The van der Waals surface area contributed by atoms with Crippen molar-refractivity contribution in [3.8, 4) is 0 Å². The monoisotopic (exact) mass is 474 g/mol. The second kappa shape index (κ2) is 9.40. The van der Waals surface area contributed by atoms with Gasteiger partial charge in [-0.1, -0.05) is 6.07 Å². The summed E-state index contributed by atoms with van der Waals surface area (Å²) in [6.07, 6.45) is 11.3. The van der Waals surface area contributed by atoms with Crippen molar-refractivity contribution in [2.45, 2.75) is 38.4 Å². The molecular formula is C25H30N8S. The topological polar surface area (TPSA) is 65.7 Å². The molecule has 8 nitrogen and oxygen atoms in total. The first-order valence-electron chi connectivity index (χ1n) is 12.1. The maximum absolute atomic E-state index is 4.94. The van der Waals surface area contributed by atoms with E-state index in [1.807, 2.05) is 30.0 Å². The maximum atomic E-state index is 4.94. The largest absolute Gasteiger partial charge is 0.339 e. The van der Waals surface area contributed by atoms with Gasteiger partial charge in [-0.2, -0.15) is 0 Å². The molecule has 0 spiro atoms. The van der Waals surface area contributed by atoms with E-state index in [-0.39, 0.29) is 0 Å². The van der Waals surface area contributed by atoms with Crippen LogP contribution in [-0.4, -0.2) is 67.4 Å². The zero-order valence-electron chi connectivity index (χ0n) is 19.5. The van der Waals surface area contributed by atoms with Crippen LogP contribution in [0.5, 0.6) is 0 Å². The van der Waals surface area contributed by atoms with Crippen LogP contribution in [0.3, 0.4) is 0 Å². The Hall–Kier alpha value is -2.88. The fourth-order valence-electron chi connectivity index (χ4n) is 5.27. The molecule has 4 aromatic heterocycles. The predicted octanol–water partition coefficient (Wildman–Crippen LogP) is 3.41. The molecule has 9 heteroatoms. The van der Waals surface area contributed by atoms with Crippen molar-refractivity contribution in [3.63, 3.8) is 0 Å². The Morgan fingerprint density at radius 1 is 1.06 bits per heavy atom. The standard InChI is InChI=1S/C25H30N8S/c1-30(21-6-2-4-19-5-3-8-27-24(19)21)16-20-17-33-22(29-20)7-9-28-25(33)32-13-11-31(12-14-32)18-23-26-10-15-34-23/h3,5,7-10,15,17,21H,2,4,6,11-14,16,18H2,1H3. The summed E-state index contributed by atoms with van der Waals surface area (Å²) in [7, 11) is 2.19. The van der Waals surface area contributed by atoms with Crippen molar-refractivity contribution in [2.75, 3.05) is 38.1 Å². The number of hydrogen-bond acceptors (Lipinski definition) is 8. The first kappa shape index (κ1) is 21.6. The van der Waals surface area contributed by atoms with Gasteiger partial charge in [-0.25, -0.2) is 15.0 Å². The van der Waals surface area contributed by atoms with Gasteiger partial charge in [0.05, 0.1) is 24.0 Å². The number of nitrogens with zero attached hydrogens (tertiary/aromatic N) is 8. The van der Waals surface area contributed by atoms with Crippen LogP contribution < -0.4 is 4.90 Å². The SMILES string of the molecule is CN(Cc1cn2c(N3CCN(Cc4nccs4)CC3)nccc2n1)C1CCCc2cccnc21. The molecule has 176 valence electrons. The number of hydrogen-bond donors (Lipinski definition) is 0. The summed E-state index contributed by atoms with van der Waals surface area (Å²) >= 11 is 1.73. The van der Waals surface area contributed by atoms with Crippen molar-refractivity contribution in [1.82, 2.24) is 34.1 Å². The van der Waals surface area contributed by atoms with Gasteiger partial charge in [0.1, 0.15) is 10.7 Å². The van der Waals surface area contributed by atoms with Crippen LogP contribution >= 0.6 is 11.3 Å². The molecule has 1 atom stereocenters. The molecule has 1 aliphatic heterocycles. The smallest absolute Gasteiger partial charge is 0.211 e. The lowest BCUT2D eigenvalue weighted by atomic mass is 9.91. The maximum Gasteiger partial charge on any atom is 0.211 e. The number of aryl methyl sites for hydroxylation is 1. The number of piperazine rings is 1. The Labute approximate surface area is 203 Å². The van der Waals surface area contributed by atoms with Crippen LogP contribution in [0.1, 0.15) is 40.8 Å². The van der Waals surface area contributed by atoms with Crippen molar-refractivity contribution < 1.29 is 0 Å². The molecule has 1 unspecified atom stereocenters. The summed E-state index contributed by atoms with van der Waals surface area (Å²) in [5.74, 6) is 0.984. The molecule has 1 fully saturated rings. The van der Waals surface area contributed by atoms with Gasteiger partial charge in [-0.3, -0.25) is 19.2 Å². The number of rotatable bonds is 6. The molecular weight excluding hydrogens is 444 g/mol. The first-order chi connectivity index (χ1) is 16.7. The Morgan fingerprint density at radius 2 is 1.97 bits per heavy atom. The molecule has 0 amide bonds. The number of imidazole rings is 1. The van der Waals surface area contributed by atoms with Crippen LogP contribution in [0.4, 0.5) is 5.95 Å². The Morgan fingerprint density at radius 3 is 2.82 bits per heavy atom. The molecule has 0 N–H and O–H groups in total. The summed E-state index contributed by atoms with van der Waals surface area (Å²) in [5, 5.41) is 3.24. The van der Waals surface area contributed by atoms with E-state index >= 15 is 0 Å². The highest BCUT2D eigenvalue weighted by Gasteiger charge is 2.26. The number of aromatic nitrogens is 5. The Kier molecular flexibility index (Phi) is 5.98. The highest BCUT2D eigenvalue weighted by atomic mass is 32.1. The minimum Gasteiger partial charge on any atom is -0.339 e. The highest BCUT2D eigenvalue weighted by molar-refractivity contribution is 7.09. The lowest BCUT2D eigenvalue weighted by Crippen LogP contribution is -2.46. The van der Waals surface area contributed by atoms with Crippen molar-refractivity contribution >= 4 is 22.9 Å². The lowest BCUT2D eigenvalue weighted by molar-refractivity contribution is 0.206. The van der Waals surface area contributed by atoms with E-state index in [2.05, 4.69) is 49.5 Å². The van der Waals surface area contributed by atoms with Crippen LogP contribution in [-0.2, 0) is 19.5 Å². The van der Waals surface area contributed by atoms with E-state index in [0.717, 1.165) is 69.4 Å². The molecule has 1 saturated heterocycles. The minimum atomic E-state index is 0.346. The number of thiazole rings is 1. The first-order valence-corrected chi connectivity index (χ1v) is 13.0. The van der Waals surface area contributed by atoms with Gasteiger partial charge in [0, 0.05) is 62.9 Å². The van der Waals surface area contributed by atoms with Crippen molar-refractivity contribution in [1.29, 1.82) is 0 Å². The summed E-state index contributed by atoms with van der Waals surface area (Å²) in [6.45, 7) is 5.66. The normalized spacial score (nSPS) is 19.1. The molecule has 0 aromatic carbocycles. The van der Waals surface area contributed by atoms with Gasteiger partial charge in [0.15, 0.2) is 0 Å². The Bertz CT molecular complexity index is 1250. The zero-order valence-corrected chi connectivity index (χ0v) is 20.4. The van der Waals surface area contributed by atoms with E-state index < -0.39 is 0 Å². The Balaban J connectivity index is 1.16. The van der Waals surface area contributed by atoms with Gasteiger partial charge < -0.3 is 4.90 Å². The third kappa shape index (κ3) is 4.31. The van der Waals surface area contributed by atoms with Crippen LogP contribution in [0.15, 0.2) is 48.4 Å². The van der Waals surface area contributed by atoms with E-state index in [1.54, 1.807) is 11.3 Å². The van der Waals surface area contributed by atoms with Gasteiger partial charge in [0.25, 0.3) is 0 Å². The van der Waals surface area contributed by atoms with Gasteiger partial charge in [0.2, 0.25) is 5.95 Å². The van der Waals surface area contributed by atoms with E-state index in [1.165, 1.54) is 22.7 Å². The molecule has 0 bridgehead atoms. The lowest BCUT2D eigenvalue weighted by Gasteiger charge is -2.34. The molecule has 6 rings (SSSR count). The summed E-state index contributed by atoms with van der Waals surface area (Å²) in [6, 6.07) is 6.63. The second-order valence-electron chi connectivity index (χ2n) is 9.27. The molecule has 5 heterocycles. The summed E-state index contributed by atoms with van der Waals surface area (Å²) < 4.78 is 2.16. The van der Waals surface area contributed by atoms with Gasteiger partial charge in [-0.15, -0.1) is 11.3 Å². The highest BCUT2D eigenvalue weighted by Crippen LogP contribution is 2.32. The summed E-state index contributed by atoms with van der Waals surface area (Å²) in [5.41, 5.74) is 4.65. The average molecular weight is 475 g/mol. The van der Waals surface area contributed by atoms with Gasteiger partial charge >= 0.3 is 0 Å². The quantitative estimate of drug-likeness (QED) is 0.424. The van der Waals surface area contributed by atoms with Crippen LogP contribution in [0, 0.1) is 0 Å². The molecule has 4 aromatic rings. The average Bonchev–Trinajstić information content (AvgIpc) is 3.53. The predicted molar refractivity (Wildman–Crippen MR) is 134 cm³/mol. The van der Waals surface area contributed by atoms with E-state index in [9.17, 15) is 0 Å². The zero-order chi connectivity index (χ0) is 22.9. The third-order valence-corrected chi connectivity index (χ3v) is 7.78. The van der Waals surface area contributed by atoms with Crippen molar-refractivity contribution in [3.05, 3.63) is 70.3 Å². The number of pyridine rings is 1. The van der Waals surface area contributed by atoms with Gasteiger partial charge in [-0.05, 0) is 44.0 Å². The van der Waals surface area contributed by atoms with Crippen LogP contribution in [0.25, 0.3) is 5.65 Å². The number of fused-ring (bicyclic) bond motifs is 2. The van der Waals surface area contributed by atoms with Crippen LogP contribution in [0.2, 0.25) is 0 Å².